The smallest absolute Gasteiger partial charge is 0.271 e. The second-order valence-electron chi connectivity index (χ2n) is 5.80. The lowest BCUT2D eigenvalue weighted by atomic mass is 10.1. The van der Waals surface area contributed by atoms with Crippen molar-refractivity contribution >= 4 is 11.6 Å². The molecule has 0 aromatic carbocycles. The van der Waals surface area contributed by atoms with E-state index >= 15 is 0 Å². The first-order valence-electron chi connectivity index (χ1n) is 7.90. The van der Waals surface area contributed by atoms with E-state index in [1.807, 2.05) is 28.8 Å². The van der Waals surface area contributed by atoms with E-state index in [9.17, 15) is 4.79 Å². The molecular weight excluding hydrogens is 292 g/mol. The van der Waals surface area contributed by atoms with E-state index < -0.39 is 0 Å². The van der Waals surface area contributed by atoms with Crippen LogP contribution < -0.4 is 5.32 Å². The molecule has 0 fully saturated rings. The van der Waals surface area contributed by atoms with Gasteiger partial charge < -0.3 is 14.3 Å². The van der Waals surface area contributed by atoms with E-state index in [1.54, 1.807) is 6.20 Å². The number of amides is 1. The lowest BCUT2D eigenvalue weighted by molar-refractivity contribution is 0.0923. The molecule has 0 radical (unpaired) electrons. The molecule has 118 valence electrons. The molecule has 3 aromatic rings. The number of aromatic nitrogens is 5. The van der Waals surface area contributed by atoms with Gasteiger partial charge in [0.1, 0.15) is 23.0 Å². The molecule has 0 saturated carbocycles. The molecule has 0 saturated heterocycles. The molecule has 0 spiro atoms. The summed E-state index contributed by atoms with van der Waals surface area (Å²) in [4.78, 5) is 16.8. The second kappa shape index (κ2) is 5.49. The van der Waals surface area contributed by atoms with Gasteiger partial charge >= 0.3 is 0 Å². The number of hydrogen-bond acceptors (Lipinski definition) is 4. The van der Waals surface area contributed by atoms with Gasteiger partial charge in [-0.25, -0.2) is 4.98 Å². The molecule has 1 amide bonds. The Bertz CT molecular complexity index is 818. The van der Waals surface area contributed by atoms with E-state index in [2.05, 4.69) is 32.0 Å². The van der Waals surface area contributed by atoms with Crippen molar-refractivity contribution < 1.29 is 4.79 Å². The number of nitrogens with zero attached hydrogens (tertiary/aromatic N) is 5. The third-order valence-electron chi connectivity index (χ3n) is 4.27. The molecule has 7 nitrogen and oxygen atoms in total. The van der Waals surface area contributed by atoms with Crippen LogP contribution in [0.3, 0.4) is 0 Å². The number of hydrogen-bond donors (Lipinski definition) is 1. The van der Waals surface area contributed by atoms with Crippen LogP contribution in [0.4, 0.5) is 0 Å². The first-order valence-corrected chi connectivity index (χ1v) is 7.90. The van der Waals surface area contributed by atoms with Crippen molar-refractivity contribution in [3.05, 3.63) is 47.9 Å². The topological polar surface area (TPSA) is 77.1 Å². The van der Waals surface area contributed by atoms with Crippen molar-refractivity contribution in [1.29, 1.82) is 0 Å². The molecule has 0 unspecified atom stereocenters. The highest BCUT2D eigenvalue weighted by Gasteiger charge is 2.24. The van der Waals surface area contributed by atoms with Crippen LogP contribution in [-0.4, -0.2) is 36.1 Å². The fraction of sp³-hybridized carbons (Fsp3) is 0.375. The molecule has 4 rings (SSSR count). The number of aryl methyl sites for hydroxylation is 2. The van der Waals surface area contributed by atoms with Crippen molar-refractivity contribution in [3.8, 4) is 0 Å². The Morgan fingerprint density at radius 2 is 2.30 bits per heavy atom. The van der Waals surface area contributed by atoms with Gasteiger partial charge in [0.05, 0.1) is 0 Å². The predicted octanol–water partition coefficient (Wildman–Crippen LogP) is 1.23. The first-order chi connectivity index (χ1) is 11.2. The molecule has 4 heterocycles. The fourth-order valence-electron chi connectivity index (χ4n) is 3.07. The van der Waals surface area contributed by atoms with Crippen molar-refractivity contribution in [1.82, 2.24) is 29.5 Å². The third kappa shape index (κ3) is 2.48. The Morgan fingerprint density at radius 3 is 3.13 bits per heavy atom. The maximum Gasteiger partial charge on any atom is 0.271 e. The lowest BCUT2D eigenvalue weighted by Gasteiger charge is -2.24. The van der Waals surface area contributed by atoms with Gasteiger partial charge in [0, 0.05) is 37.8 Å². The summed E-state index contributed by atoms with van der Waals surface area (Å²) in [5, 5.41) is 11.5. The highest BCUT2D eigenvalue weighted by molar-refractivity contribution is 5.93. The predicted molar refractivity (Wildman–Crippen MR) is 84.2 cm³/mol. The van der Waals surface area contributed by atoms with E-state index in [-0.39, 0.29) is 11.9 Å². The van der Waals surface area contributed by atoms with Gasteiger partial charge in [0.25, 0.3) is 5.91 Å². The molecule has 1 aliphatic heterocycles. The number of nitrogens with one attached hydrogen (secondary N) is 1. The molecule has 1 aliphatic rings. The average molecular weight is 310 g/mol. The van der Waals surface area contributed by atoms with Crippen LogP contribution in [0.1, 0.15) is 35.5 Å². The molecule has 7 heteroatoms. The van der Waals surface area contributed by atoms with E-state index in [1.165, 1.54) is 0 Å². The van der Waals surface area contributed by atoms with Crippen LogP contribution >= 0.6 is 0 Å². The summed E-state index contributed by atoms with van der Waals surface area (Å²) in [6.07, 6.45) is 6.20. The zero-order chi connectivity index (χ0) is 15.8. The summed E-state index contributed by atoms with van der Waals surface area (Å²) >= 11 is 0. The largest absolute Gasteiger partial charge is 0.346 e. The molecule has 1 N–H and O–H groups in total. The van der Waals surface area contributed by atoms with Crippen LogP contribution in [0.5, 0.6) is 0 Å². The minimum Gasteiger partial charge on any atom is -0.346 e. The van der Waals surface area contributed by atoms with Gasteiger partial charge in [-0.1, -0.05) is 13.0 Å². The van der Waals surface area contributed by atoms with Gasteiger partial charge in [0.15, 0.2) is 0 Å². The molecular formula is C16H18N6O. The molecule has 0 bridgehead atoms. The quantitative estimate of drug-likeness (QED) is 0.789. The van der Waals surface area contributed by atoms with Crippen LogP contribution in [0.2, 0.25) is 0 Å². The van der Waals surface area contributed by atoms with E-state index in [0.717, 1.165) is 43.1 Å². The molecule has 23 heavy (non-hydrogen) atoms. The zero-order valence-corrected chi connectivity index (χ0v) is 12.9. The van der Waals surface area contributed by atoms with Crippen LogP contribution in [0.15, 0.2) is 30.6 Å². The minimum absolute atomic E-state index is 0.0844. The summed E-state index contributed by atoms with van der Waals surface area (Å²) < 4.78 is 3.97. The Balaban J connectivity index is 1.51. The maximum absolute atomic E-state index is 12.5. The van der Waals surface area contributed by atoms with Crippen molar-refractivity contribution in [2.24, 2.45) is 0 Å². The summed E-state index contributed by atoms with van der Waals surface area (Å²) in [5.41, 5.74) is 1.22. The van der Waals surface area contributed by atoms with Crippen molar-refractivity contribution in [2.45, 2.75) is 38.8 Å². The third-order valence-corrected chi connectivity index (χ3v) is 4.27. The Labute approximate surface area is 133 Å². The molecule has 3 aromatic heterocycles. The summed E-state index contributed by atoms with van der Waals surface area (Å²) in [7, 11) is 0. The van der Waals surface area contributed by atoms with E-state index in [0.29, 0.717) is 5.69 Å². The number of pyridine rings is 1. The monoisotopic (exact) mass is 310 g/mol. The number of imidazole rings is 1. The highest BCUT2D eigenvalue weighted by Crippen LogP contribution is 2.16. The summed E-state index contributed by atoms with van der Waals surface area (Å²) in [5.74, 6) is 1.86. The number of carbonyl (C=O) groups excluding carboxylic acids is 1. The minimum atomic E-state index is -0.131. The van der Waals surface area contributed by atoms with Crippen LogP contribution in [0, 0.1) is 0 Å². The Morgan fingerprint density at radius 1 is 1.39 bits per heavy atom. The Hall–Kier alpha value is -2.70. The molecule has 0 aliphatic carbocycles. The molecule has 1 atom stereocenters. The fourth-order valence-corrected chi connectivity index (χ4v) is 3.07. The normalized spacial score (nSPS) is 17.2. The average Bonchev–Trinajstić information content (AvgIpc) is 3.18. The summed E-state index contributed by atoms with van der Waals surface area (Å²) in [6, 6.07) is 5.79. The highest BCUT2D eigenvalue weighted by atomic mass is 16.2. The van der Waals surface area contributed by atoms with Crippen molar-refractivity contribution in [2.75, 3.05) is 0 Å². The Kier molecular flexibility index (Phi) is 3.33. The lowest BCUT2D eigenvalue weighted by Crippen LogP contribution is -2.41. The maximum atomic E-state index is 12.5. The van der Waals surface area contributed by atoms with Crippen LogP contribution in [-0.2, 0) is 19.4 Å². The van der Waals surface area contributed by atoms with Gasteiger partial charge in [-0.05, 0) is 18.6 Å². The number of rotatable bonds is 3. The number of fused-ring (bicyclic) bond motifs is 2. The zero-order valence-electron chi connectivity index (χ0n) is 12.9. The number of carbonyl (C=O) groups is 1. The summed E-state index contributed by atoms with van der Waals surface area (Å²) in [6.45, 7) is 2.79. The first kappa shape index (κ1) is 13.9. The van der Waals surface area contributed by atoms with E-state index in [4.69, 9.17) is 0 Å². The standard InChI is InChI=1S/C16H18N6O/c1-2-13-19-20-15-7-6-11(9-22(13)15)17-16(23)12-10-21-8-4-3-5-14(21)18-12/h3-5,8,10-11H,2,6-7,9H2,1H3,(H,17,23)/t11-/m0/s1. The SMILES string of the molecule is CCc1nnc2n1C[C@@H](NC(=O)c1cn3ccccc3n1)CC2. The van der Waals surface area contributed by atoms with Gasteiger partial charge in [-0.15, -0.1) is 10.2 Å². The van der Waals surface area contributed by atoms with Gasteiger partial charge in [-0.3, -0.25) is 4.79 Å². The second-order valence-corrected chi connectivity index (χ2v) is 5.80. The van der Waals surface area contributed by atoms with Crippen LogP contribution in [0.25, 0.3) is 5.65 Å². The van der Waals surface area contributed by atoms with Gasteiger partial charge in [-0.2, -0.15) is 0 Å². The van der Waals surface area contributed by atoms with Crippen molar-refractivity contribution in [3.63, 3.8) is 0 Å². The van der Waals surface area contributed by atoms with Gasteiger partial charge in [0.2, 0.25) is 0 Å².